The summed E-state index contributed by atoms with van der Waals surface area (Å²) in [5.74, 6) is -2.33. The van der Waals surface area contributed by atoms with E-state index in [2.05, 4.69) is 0 Å². The number of carbonyl (C=O) groups excluding carboxylic acids is 1. The van der Waals surface area contributed by atoms with E-state index in [1.165, 1.54) is 0 Å². The smallest absolute Gasteiger partial charge is 0.244 e. The third-order valence-electron chi connectivity index (χ3n) is 3.18. The summed E-state index contributed by atoms with van der Waals surface area (Å²) in [4.78, 5) is 11.9. The van der Waals surface area contributed by atoms with Crippen LogP contribution in [0, 0.1) is 5.41 Å². The molecule has 1 aliphatic rings. The number of Topliss-reactive ketones (excluding diaryl/α,β-unsaturated/α-hetero) is 1. The quantitative estimate of drug-likeness (QED) is 0.698. The number of alkyl halides is 3. The van der Waals surface area contributed by atoms with Crippen LogP contribution in [0.2, 0.25) is 0 Å². The van der Waals surface area contributed by atoms with Gasteiger partial charge < -0.3 is 9.84 Å². The fourth-order valence-corrected chi connectivity index (χ4v) is 1.86. The van der Waals surface area contributed by atoms with Crippen molar-refractivity contribution in [3.8, 4) is 0 Å². The van der Waals surface area contributed by atoms with Gasteiger partial charge in [0.2, 0.25) is 9.58 Å². The van der Waals surface area contributed by atoms with E-state index in [1.54, 1.807) is 6.92 Å². The second-order valence-corrected chi connectivity index (χ2v) is 7.55. The number of carbonyl (C=O) groups is 1. The zero-order valence-electron chi connectivity index (χ0n) is 9.60. The minimum absolute atomic E-state index is 0.270. The summed E-state index contributed by atoms with van der Waals surface area (Å²) in [7, 11) is 0. The van der Waals surface area contributed by atoms with Crippen molar-refractivity contribution in [2.75, 3.05) is 0 Å². The summed E-state index contributed by atoms with van der Waals surface area (Å²) in [5.41, 5.74) is -1.66. The minimum atomic E-state index is -2.06. The fraction of sp³-hybridized carbons (Fsp3) is 0.900. The van der Waals surface area contributed by atoms with E-state index in [0.717, 1.165) is 0 Å². The molecule has 0 aromatic rings. The predicted octanol–water partition coefficient (Wildman–Crippen LogP) is 2.84. The molecule has 2 unspecified atom stereocenters. The van der Waals surface area contributed by atoms with Crippen LogP contribution >= 0.6 is 34.8 Å². The van der Waals surface area contributed by atoms with Crippen LogP contribution in [-0.4, -0.2) is 26.1 Å². The van der Waals surface area contributed by atoms with Gasteiger partial charge in [0.1, 0.15) is 5.60 Å². The molecule has 6 heteroatoms. The molecule has 3 nitrogen and oxygen atoms in total. The molecule has 1 aliphatic heterocycles. The molecule has 94 valence electrons. The highest BCUT2D eigenvalue weighted by molar-refractivity contribution is 6.68. The Bertz CT molecular complexity index is 318. The molecule has 0 radical (unpaired) electrons. The number of hydrogen-bond donors (Lipinski definition) is 1. The third-order valence-corrected chi connectivity index (χ3v) is 4.07. The number of rotatable bonds is 0. The van der Waals surface area contributed by atoms with Gasteiger partial charge in [-0.2, -0.15) is 0 Å². The van der Waals surface area contributed by atoms with Crippen molar-refractivity contribution < 1.29 is 14.6 Å². The number of halogens is 3. The van der Waals surface area contributed by atoms with Gasteiger partial charge in [-0.25, -0.2) is 0 Å². The Hall–Kier alpha value is 0.460. The van der Waals surface area contributed by atoms with Gasteiger partial charge in [-0.3, -0.25) is 4.79 Å². The number of aliphatic hydroxyl groups is 1. The molecule has 1 rings (SSSR count). The molecule has 0 saturated carbocycles. The van der Waals surface area contributed by atoms with Crippen molar-refractivity contribution in [1.29, 1.82) is 0 Å². The lowest BCUT2D eigenvalue weighted by Crippen LogP contribution is -2.49. The molecule has 0 aromatic heterocycles. The second-order valence-electron chi connectivity index (χ2n) is 5.27. The summed E-state index contributed by atoms with van der Waals surface area (Å²) < 4.78 is 3.34. The minimum Gasteiger partial charge on any atom is -0.362 e. The molecule has 1 fully saturated rings. The maximum absolute atomic E-state index is 11.9. The van der Waals surface area contributed by atoms with Gasteiger partial charge in [0, 0.05) is 0 Å². The van der Waals surface area contributed by atoms with Gasteiger partial charge in [-0.1, -0.05) is 55.6 Å². The first kappa shape index (κ1) is 14.5. The van der Waals surface area contributed by atoms with Gasteiger partial charge in [0.05, 0.1) is 6.42 Å². The fourth-order valence-electron chi connectivity index (χ4n) is 1.55. The van der Waals surface area contributed by atoms with Crippen LogP contribution in [0.15, 0.2) is 0 Å². The van der Waals surface area contributed by atoms with Gasteiger partial charge in [0.25, 0.3) is 0 Å². The summed E-state index contributed by atoms with van der Waals surface area (Å²) in [5, 5.41) is 10.1. The Kier molecular flexibility index (Phi) is 3.38. The van der Waals surface area contributed by atoms with Crippen molar-refractivity contribution in [3.63, 3.8) is 0 Å². The summed E-state index contributed by atoms with van der Waals surface area (Å²) >= 11 is 16.9. The standard InChI is InChI=1S/C10H15Cl3O3/c1-7(2,3)8(4)6(14)5-9(15,16-8)10(11,12)13/h15H,5H2,1-4H3. The van der Waals surface area contributed by atoms with E-state index in [-0.39, 0.29) is 12.2 Å². The topological polar surface area (TPSA) is 46.5 Å². The molecular weight excluding hydrogens is 274 g/mol. The SMILES string of the molecule is CC(C)(C)C1(C)OC(O)(C(Cl)(Cl)Cl)CC1=O. The van der Waals surface area contributed by atoms with Crippen molar-refractivity contribution in [2.24, 2.45) is 5.41 Å². The molecule has 16 heavy (non-hydrogen) atoms. The Morgan fingerprint density at radius 2 is 1.75 bits per heavy atom. The van der Waals surface area contributed by atoms with E-state index < -0.39 is 20.6 Å². The lowest BCUT2D eigenvalue weighted by Gasteiger charge is -2.39. The van der Waals surface area contributed by atoms with Crippen molar-refractivity contribution in [3.05, 3.63) is 0 Å². The van der Waals surface area contributed by atoms with Crippen molar-refractivity contribution in [1.82, 2.24) is 0 Å². The molecule has 0 bridgehead atoms. The second kappa shape index (κ2) is 3.72. The Morgan fingerprint density at radius 3 is 1.94 bits per heavy atom. The van der Waals surface area contributed by atoms with E-state index in [4.69, 9.17) is 39.5 Å². The molecular formula is C10H15Cl3O3. The predicted molar refractivity (Wildman–Crippen MR) is 63.8 cm³/mol. The summed E-state index contributed by atoms with van der Waals surface area (Å²) in [6, 6.07) is 0. The monoisotopic (exact) mass is 288 g/mol. The highest BCUT2D eigenvalue weighted by Crippen LogP contribution is 2.52. The van der Waals surface area contributed by atoms with Crippen molar-refractivity contribution >= 4 is 40.6 Å². The van der Waals surface area contributed by atoms with E-state index in [0.29, 0.717) is 0 Å². The average molecular weight is 290 g/mol. The first-order valence-electron chi connectivity index (χ1n) is 4.86. The van der Waals surface area contributed by atoms with Crippen LogP contribution in [0.1, 0.15) is 34.1 Å². The first-order chi connectivity index (χ1) is 6.83. The first-order valence-corrected chi connectivity index (χ1v) is 5.99. The number of ether oxygens (including phenoxy) is 1. The van der Waals surface area contributed by atoms with Crippen molar-refractivity contribution in [2.45, 2.75) is 49.3 Å². The third kappa shape index (κ3) is 2.08. The Balaban J connectivity index is 3.13. The van der Waals surface area contributed by atoms with E-state index in [9.17, 15) is 9.90 Å². The largest absolute Gasteiger partial charge is 0.362 e. The van der Waals surface area contributed by atoms with Crippen LogP contribution in [-0.2, 0) is 9.53 Å². The Labute approximate surface area is 110 Å². The van der Waals surface area contributed by atoms with Gasteiger partial charge >= 0.3 is 0 Å². The van der Waals surface area contributed by atoms with Gasteiger partial charge in [-0.05, 0) is 12.3 Å². The molecule has 0 spiro atoms. The molecule has 1 saturated heterocycles. The lowest BCUT2D eigenvalue weighted by molar-refractivity contribution is -0.237. The maximum atomic E-state index is 11.9. The van der Waals surface area contributed by atoms with Crippen LogP contribution in [0.4, 0.5) is 0 Å². The number of hydrogen-bond acceptors (Lipinski definition) is 3. The normalized spacial score (nSPS) is 36.9. The highest BCUT2D eigenvalue weighted by Gasteiger charge is 2.64. The molecule has 0 aliphatic carbocycles. The van der Waals surface area contributed by atoms with Crippen LogP contribution in [0.5, 0.6) is 0 Å². The van der Waals surface area contributed by atoms with Crippen LogP contribution in [0.3, 0.4) is 0 Å². The lowest BCUT2D eigenvalue weighted by atomic mass is 9.75. The van der Waals surface area contributed by atoms with Gasteiger partial charge in [0.15, 0.2) is 5.78 Å². The van der Waals surface area contributed by atoms with E-state index in [1.807, 2.05) is 20.8 Å². The summed E-state index contributed by atoms with van der Waals surface area (Å²) in [6.07, 6.45) is -0.322. The molecule has 2 atom stereocenters. The number of ketones is 1. The average Bonchev–Trinajstić information content (AvgIpc) is 2.21. The Morgan fingerprint density at radius 1 is 1.31 bits per heavy atom. The maximum Gasteiger partial charge on any atom is 0.244 e. The van der Waals surface area contributed by atoms with E-state index >= 15 is 0 Å². The van der Waals surface area contributed by atoms with Crippen LogP contribution in [0.25, 0.3) is 0 Å². The van der Waals surface area contributed by atoms with Crippen LogP contribution < -0.4 is 0 Å². The van der Waals surface area contributed by atoms with Gasteiger partial charge in [-0.15, -0.1) is 0 Å². The zero-order valence-corrected chi connectivity index (χ0v) is 11.9. The highest BCUT2D eigenvalue weighted by atomic mass is 35.6. The molecule has 1 heterocycles. The molecule has 0 aromatic carbocycles. The summed E-state index contributed by atoms with van der Waals surface area (Å²) in [6.45, 7) is 7.09. The zero-order chi connectivity index (χ0) is 13.0. The molecule has 0 amide bonds. The molecule has 1 N–H and O–H groups in total.